The Kier molecular flexibility index (Phi) is 6.96. The van der Waals surface area contributed by atoms with E-state index in [-0.39, 0.29) is 17.6 Å². The molecule has 2 amide bonds. The predicted octanol–water partition coefficient (Wildman–Crippen LogP) is 5.03. The van der Waals surface area contributed by atoms with Crippen LogP contribution in [-0.4, -0.2) is 35.9 Å². The molecule has 2 aromatic rings. The van der Waals surface area contributed by atoms with Gasteiger partial charge in [0.25, 0.3) is 5.91 Å². The van der Waals surface area contributed by atoms with E-state index in [1.165, 1.54) is 25.0 Å². The van der Waals surface area contributed by atoms with Crippen molar-refractivity contribution in [1.29, 1.82) is 0 Å². The van der Waals surface area contributed by atoms with Crippen LogP contribution in [0.1, 0.15) is 69.7 Å². The van der Waals surface area contributed by atoms with Crippen molar-refractivity contribution in [2.45, 2.75) is 65.5 Å². The molecule has 0 radical (unpaired) electrons. The van der Waals surface area contributed by atoms with Gasteiger partial charge in [0.1, 0.15) is 11.6 Å². The van der Waals surface area contributed by atoms with Crippen molar-refractivity contribution in [3.63, 3.8) is 0 Å². The third-order valence-electron chi connectivity index (χ3n) is 6.62. The van der Waals surface area contributed by atoms with Gasteiger partial charge < -0.3 is 15.0 Å². The summed E-state index contributed by atoms with van der Waals surface area (Å²) in [6.07, 6.45) is 3.03. The highest BCUT2D eigenvalue weighted by Crippen LogP contribution is 2.39. The summed E-state index contributed by atoms with van der Waals surface area (Å²) in [5.41, 5.74) is 2.18. The van der Waals surface area contributed by atoms with Crippen molar-refractivity contribution < 1.29 is 18.7 Å². The van der Waals surface area contributed by atoms with Crippen molar-refractivity contribution in [2.24, 2.45) is 11.3 Å². The number of carbonyl (C=O) groups is 2. The minimum atomic E-state index is -0.583. The standard InChI is InChI=1S/C28H35FN2O3/c1-5-24(26(32)30-17-18-9-10-18)34-22-12-11-19-13-14-31(27(33)28(2,3)4)25(23(19)16-22)20-7-6-8-21(29)15-20/h6-8,11-12,15-16,18,24-25H,5,9-10,13-14,17H2,1-4H3,(H,30,32)/t24-,25+/m0/s1. The number of carbonyl (C=O) groups excluding carboxylic acids is 2. The zero-order chi connectivity index (χ0) is 24.5. The Balaban J connectivity index is 1.66. The minimum Gasteiger partial charge on any atom is -0.481 e. The number of rotatable bonds is 7. The lowest BCUT2D eigenvalue weighted by Crippen LogP contribution is -2.45. The van der Waals surface area contributed by atoms with Gasteiger partial charge in [0, 0.05) is 18.5 Å². The van der Waals surface area contributed by atoms with Gasteiger partial charge in [0.05, 0.1) is 6.04 Å². The summed E-state index contributed by atoms with van der Waals surface area (Å²) in [6.45, 7) is 8.90. The molecule has 0 bridgehead atoms. The van der Waals surface area contributed by atoms with Gasteiger partial charge in [-0.05, 0) is 72.6 Å². The molecular weight excluding hydrogens is 431 g/mol. The number of benzene rings is 2. The number of amides is 2. The third kappa shape index (κ3) is 5.43. The lowest BCUT2D eigenvalue weighted by molar-refractivity contribution is -0.141. The molecule has 1 saturated carbocycles. The van der Waals surface area contributed by atoms with Gasteiger partial charge in [-0.15, -0.1) is 0 Å². The summed E-state index contributed by atoms with van der Waals surface area (Å²) in [6, 6.07) is 11.8. The summed E-state index contributed by atoms with van der Waals surface area (Å²) in [5, 5.41) is 3.00. The molecule has 2 atom stereocenters. The highest BCUT2D eigenvalue weighted by Gasteiger charge is 2.37. The Morgan fingerprint density at radius 3 is 2.59 bits per heavy atom. The first-order valence-electron chi connectivity index (χ1n) is 12.3. The number of halogens is 1. The Bertz CT molecular complexity index is 1060. The highest BCUT2D eigenvalue weighted by atomic mass is 19.1. The topological polar surface area (TPSA) is 58.6 Å². The molecule has 1 aliphatic heterocycles. The van der Waals surface area contributed by atoms with Crippen molar-refractivity contribution in [1.82, 2.24) is 10.2 Å². The molecule has 1 heterocycles. The van der Waals surface area contributed by atoms with E-state index < -0.39 is 17.6 Å². The molecule has 4 rings (SSSR count). The summed E-state index contributed by atoms with van der Waals surface area (Å²) < 4.78 is 20.3. The normalized spacial score (nSPS) is 18.7. The summed E-state index contributed by atoms with van der Waals surface area (Å²) >= 11 is 0. The Morgan fingerprint density at radius 1 is 1.18 bits per heavy atom. The van der Waals surface area contributed by atoms with Crippen LogP contribution in [0.5, 0.6) is 5.75 Å². The monoisotopic (exact) mass is 466 g/mol. The minimum absolute atomic E-state index is 0.0182. The van der Waals surface area contributed by atoms with Gasteiger partial charge in [-0.3, -0.25) is 9.59 Å². The van der Waals surface area contributed by atoms with Crippen LogP contribution < -0.4 is 10.1 Å². The van der Waals surface area contributed by atoms with Gasteiger partial charge in [-0.2, -0.15) is 0 Å². The largest absolute Gasteiger partial charge is 0.481 e. The maximum absolute atomic E-state index is 14.2. The molecule has 2 aliphatic rings. The van der Waals surface area contributed by atoms with Crippen molar-refractivity contribution >= 4 is 11.8 Å². The van der Waals surface area contributed by atoms with Crippen molar-refractivity contribution in [2.75, 3.05) is 13.1 Å². The van der Waals surface area contributed by atoms with Crippen LogP contribution in [0, 0.1) is 17.2 Å². The lowest BCUT2D eigenvalue weighted by atomic mass is 9.85. The van der Waals surface area contributed by atoms with E-state index in [0.717, 1.165) is 16.7 Å². The van der Waals surface area contributed by atoms with Gasteiger partial charge in [0.15, 0.2) is 6.10 Å². The maximum Gasteiger partial charge on any atom is 0.261 e. The third-order valence-corrected chi connectivity index (χ3v) is 6.62. The quantitative estimate of drug-likeness (QED) is 0.623. The number of hydrogen-bond acceptors (Lipinski definition) is 3. The Labute approximate surface area is 201 Å². The fourth-order valence-corrected chi connectivity index (χ4v) is 4.52. The maximum atomic E-state index is 14.2. The van der Waals surface area contributed by atoms with E-state index in [2.05, 4.69) is 5.32 Å². The number of hydrogen-bond donors (Lipinski definition) is 1. The second-order valence-electron chi connectivity index (χ2n) is 10.5. The smallest absolute Gasteiger partial charge is 0.261 e. The molecular formula is C28H35FN2O3. The molecule has 34 heavy (non-hydrogen) atoms. The Hall–Kier alpha value is -2.89. The van der Waals surface area contributed by atoms with E-state index in [4.69, 9.17) is 4.74 Å². The molecule has 6 heteroatoms. The van der Waals surface area contributed by atoms with Crippen molar-refractivity contribution in [3.05, 3.63) is 65.0 Å². The number of ether oxygens (including phenoxy) is 1. The molecule has 0 spiro atoms. The zero-order valence-corrected chi connectivity index (χ0v) is 20.6. The number of nitrogens with one attached hydrogen (secondary N) is 1. The van der Waals surface area contributed by atoms with E-state index in [9.17, 15) is 14.0 Å². The van der Waals surface area contributed by atoms with E-state index >= 15 is 0 Å². The second-order valence-corrected chi connectivity index (χ2v) is 10.5. The van der Waals surface area contributed by atoms with Crippen LogP contribution >= 0.6 is 0 Å². The molecule has 182 valence electrons. The number of nitrogens with zero attached hydrogens (tertiary/aromatic N) is 1. The first kappa shape index (κ1) is 24.2. The summed E-state index contributed by atoms with van der Waals surface area (Å²) in [4.78, 5) is 27.9. The van der Waals surface area contributed by atoms with E-state index in [1.54, 1.807) is 6.07 Å². The molecule has 1 N–H and O–H groups in total. The molecule has 0 saturated heterocycles. The molecule has 1 aliphatic carbocycles. The SMILES string of the molecule is CC[C@H](Oc1ccc2c(c1)[C@@H](c1cccc(F)c1)N(C(=O)C(C)(C)C)CC2)C(=O)NCC1CC1. The van der Waals surface area contributed by atoms with Crippen LogP contribution in [0.4, 0.5) is 4.39 Å². The van der Waals surface area contributed by atoms with E-state index in [1.807, 2.05) is 56.9 Å². The fourth-order valence-electron chi connectivity index (χ4n) is 4.52. The first-order valence-corrected chi connectivity index (χ1v) is 12.3. The zero-order valence-electron chi connectivity index (χ0n) is 20.6. The average Bonchev–Trinajstić information content (AvgIpc) is 3.63. The first-order chi connectivity index (χ1) is 16.2. The molecule has 1 fully saturated rings. The summed E-state index contributed by atoms with van der Waals surface area (Å²) in [5.74, 6) is 0.767. The van der Waals surface area contributed by atoms with Crippen LogP contribution in [0.15, 0.2) is 42.5 Å². The molecule has 5 nitrogen and oxygen atoms in total. The molecule has 0 unspecified atom stereocenters. The van der Waals surface area contributed by atoms with Gasteiger partial charge in [-0.1, -0.05) is 45.9 Å². The average molecular weight is 467 g/mol. The van der Waals surface area contributed by atoms with Crippen LogP contribution in [0.3, 0.4) is 0 Å². The van der Waals surface area contributed by atoms with Gasteiger partial charge in [0.2, 0.25) is 5.91 Å². The predicted molar refractivity (Wildman–Crippen MR) is 130 cm³/mol. The van der Waals surface area contributed by atoms with Crippen LogP contribution in [0.2, 0.25) is 0 Å². The number of fused-ring (bicyclic) bond motifs is 1. The fraction of sp³-hybridized carbons (Fsp3) is 0.500. The molecule has 0 aromatic heterocycles. The highest BCUT2D eigenvalue weighted by molar-refractivity contribution is 5.83. The van der Waals surface area contributed by atoms with Gasteiger partial charge >= 0.3 is 0 Å². The van der Waals surface area contributed by atoms with Crippen LogP contribution in [0.25, 0.3) is 0 Å². The Morgan fingerprint density at radius 2 is 1.94 bits per heavy atom. The molecule has 2 aromatic carbocycles. The second kappa shape index (κ2) is 9.77. The van der Waals surface area contributed by atoms with E-state index in [0.29, 0.717) is 37.6 Å². The summed E-state index contributed by atoms with van der Waals surface area (Å²) in [7, 11) is 0. The lowest BCUT2D eigenvalue weighted by Gasteiger charge is -2.41. The van der Waals surface area contributed by atoms with Crippen molar-refractivity contribution in [3.8, 4) is 5.75 Å². The van der Waals surface area contributed by atoms with Crippen LogP contribution in [-0.2, 0) is 16.0 Å². The van der Waals surface area contributed by atoms with Gasteiger partial charge in [-0.25, -0.2) is 4.39 Å².